The van der Waals surface area contributed by atoms with Crippen LogP contribution in [-0.2, 0) is 27.8 Å². The normalized spacial score (nSPS) is 13.7. The Kier molecular flexibility index (Phi) is 11.0. The van der Waals surface area contributed by atoms with Crippen molar-refractivity contribution in [2.75, 3.05) is 12.8 Å². The van der Waals surface area contributed by atoms with E-state index in [2.05, 4.69) is 0 Å². The average molecular weight is 476 g/mol. The molecule has 182 valence electrons. The van der Waals surface area contributed by atoms with E-state index in [0.29, 0.717) is 32.2 Å². The number of aliphatic carboxylic acids is 1. The fourth-order valence-corrected chi connectivity index (χ4v) is 4.73. The van der Waals surface area contributed by atoms with Gasteiger partial charge in [-0.1, -0.05) is 74.4 Å². The molecule has 0 bridgehead atoms. The highest BCUT2D eigenvalue weighted by Gasteiger charge is 2.18. The Bertz CT molecular complexity index is 944. The second kappa shape index (κ2) is 13.5. The summed E-state index contributed by atoms with van der Waals surface area (Å²) in [5.74, 6) is -1.08. The van der Waals surface area contributed by atoms with Crippen molar-refractivity contribution in [1.82, 2.24) is 4.31 Å². The second-order valence-electron chi connectivity index (χ2n) is 8.67. The number of carboxylic acids is 1. The zero-order chi connectivity index (χ0) is 24.3. The lowest BCUT2D eigenvalue weighted by atomic mass is 9.99. The van der Waals surface area contributed by atoms with Crippen molar-refractivity contribution in [3.8, 4) is 0 Å². The lowest BCUT2D eigenvalue weighted by Crippen LogP contribution is -2.30. The van der Waals surface area contributed by atoms with Gasteiger partial charge in [-0.15, -0.1) is 0 Å². The van der Waals surface area contributed by atoms with E-state index in [0.717, 1.165) is 30.4 Å². The molecule has 33 heavy (non-hydrogen) atoms. The number of aryl methyl sites for hydroxylation is 1. The molecular weight excluding hydrogens is 438 g/mol. The molecule has 2 rings (SSSR count). The van der Waals surface area contributed by atoms with Crippen LogP contribution in [-0.4, -0.2) is 41.7 Å². The Hall–Kier alpha value is -2.22. The van der Waals surface area contributed by atoms with E-state index in [-0.39, 0.29) is 12.5 Å². The quantitative estimate of drug-likeness (QED) is 0.361. The summed E-state index contributed by atoms with van der Waals surface area (Å²) in [4.78, 5) is 11.1. The summed E-state index contributed by atoms with van der Waals surface area (Å²) in [6.07, 6.45) is 5.56. The van der Waals surface area contributed by atoms with E-state index in [1.807, 2.05) is 61.5 Å². The molecule has 0 spiro atoms. The smallest absolute Gasteiger partial charge is 0.306 e. The van der Waals surface area contributed by atoms with Gasteiger partial charge in [0.15, 0.2) is 0 Å². The summed E-state index contributed by atoms with van der Waals surface area (Å²) in [6.45, 7) is 2.56. The van der Waals surface area contributed by atoms with Gasteiger partial charge >= 0.3 is 5.97 Å². The van der Waals surface area contributed by atoms with Gasteiger partial charge in [0, 0.05) is 13.1 Å². The number of aliphatic hydroxyl groups is 1. The Morgan fingerprint density at radius 2 is 1.61 bits per heavy atom. The molecule has 0 aromatic heterocycles. The highest BCUT2D eigenvalue weighted by Crippen LogP contribution is 2.21. The monoisotopic (exact) mass is 475 g/mol. The molecule has 0 aliphatic carbocycles. The van der Waals surface area contributed by atoms with Crippen molar-refractivity contribution in [1.29, 1.82) is 0 Å². The molecule has 0 aliphatic rings. The van der Waals surface area contributed by atoms with Gasteiger partial charge < -0.3 is 10.2 Å². The van der Waals surface area contributed by atoms with Crippen LogP contribution >= 0.6 is 0 Å². The van der Waals surface area contributed by atoms with Crippen molar-refractivity contribution in [2.24, 2.45) is 5.92 Å². The molecule has 0 saturated carbocycles. The standard InChI is InChI=1S/C26H37NO5S/c1-3-23(26(29)30)12-8-5-9-19-27(33(2,31)32)20-22-13-16-24(17-14-22)25(28)18-15-21-10-6-4-7-11-21/h4,6-7,10-11,13-14,16-17,23,25,28H,3,5,8-9,12,15,18-20H2,1-2H3,(H,29,30). The maximum absolute atomic E-state index is 12.2. The molecule has 2 atom stereocenters. The third kappa shape index (κ3) is 9.66. The van der Waals surface area contributed by atoms with Crippen LogP contribution in [0.5, 0.6) is 0 Å². The number of unbranched alkanes of at least 4 members (excludes halogenated alkanes) is 2. The minimum Gasteiger partial charge on any atom is -0.481 e. The Balaban J connectivity index is 1.85. The molecule has 7 heteroatoms. The minimum atomic E-state index is -3.36. The molecule has 2 aromatic rings. The van der Waals surface area contributed by atoms with Crippen molar-refractivity contribution in [3.05, 3.63) is 71.3 Å². The van der Waals surface area contributed by atoms with Gasteiger partial charge in [-0.3, -0.25) is 4.79 Å². The van der Waals surface area contributed by atoms with Gasteiger partial charge in [-0.05, 0) is 48.8 Å². The van der Waals surface area contributed by atoms with Crippen LogP contribution < -0.4 is 0 Å². The molecular formula is C26H37NO5S. The van der Waals surface area contributed by atoms with Crippen LogP contribution in [0.1, 0.15) is 68.2 Å². The zero-order valence-corrected chi connectivity index (χ0v) is 20.5. The van der Waals surface area contributed by atoms with Gasteiger partial charge in [-0.2, -0.15) is 4.31 Å². The summed E-state index contributed by atoms with van der Waals surface area (Å²) in [5, 5.41) is 19.6. The van der Waals surface area contributed by atoms with Crippen LogP contribution in [0, 0.1) is 5.92 Å². The molecule has 2 unspecified atom stereocenters. The number of benzene rings is 2. The van der Waals surface area contributed by atoms with Gasteiger partial charge in [0.1, 0.15) is 0 Å². The molecule has 2 aromatic carbocycles. The van der Waals surface area contributed by atoms with E-state index >= 15 is 0 Å². The van der Waals surface area contributed by atoms with Crippen molar-refractivity contribution < 1.29 is 23.4 Å². The molecule has 2 N–H and O–H groups in total. The number of sulfonamides is 1. The third-order valence-corrected chi connectivity index (χ3v) is 7.29. The molecule has 0 saturated heterocycles. The Morgan fingerprint density at radius 1 is 0.939 bits per heavy atom. The van der Waals surface area contributed by atoms with E-state index in [1.54, 1.807) is 0 Å². The zero-order valence-electron chi connectivity index (χ0n) is 19.7. The molecule has 6 nitrogen and oxygen atoms in total. The summed E-state index contributed by atoms with van der Waals surface area (Å²) in [5.41, 5.74) is 2.88. The fraction of sp³-hybridized carbons (Fsp3) is 0.500. The first-order valence-electron chi connectivity index (χ1n) is 11.7. The number of nitrogens with zero attached hydrogens (tertiary/aromatic N) is 1. The molecule has 0 amide bonds. The van der Waals surface area contributed by atoms with Crippen molar-refractivity contribution in [3.63, 3.8) is 0 Å². The lowest BCUT2D eigenvalue weighted by Gasteiger charge is -2.20. The number of carbonyl (C=O) groups is 1. The number of hydrogen-bond donors (Lipinski definition) is 2. The fourth-order valence-electron chi connectivity index (χ4n) is 3.88. The average Bonchev–Trinajstić information content (AvgIpc) is 2.79. The van der Waals surface area contributed by atoms with Gasteiger partial charge in [0.2, 0.25) is 10.0 Å². The van der Waals surface area contributed by atoms with Crippen LogP contribution in [0.3, 0.4) is 0 Å². The topological polar surface area (TPSA) is 94.9 Å². The minimum absolute atomic E-state index is 0.284. The second-order valence-corrected chi connectivity index (χ2v) is 10.7. The van der Waals surface area contributed by atoms with Crippen molar-refractivity contribution in [2.45, 2.75) is 64.5 Å². The number of carboxylic acid groups (broad SMARTS) is 1. The van der Waals surface area contributed by atoms with Crippen molar-refractivity contribution >= 4 is 16.0 Å². The number of aliphatic hydroxyl groups excluding tert-OH is 1. The van der Waals surface area contributed by atoms with Crippen LogP contribution in [0.25, 0.3) is 0 Å². The summed E-state index contributed by atoms with van der Waals surface area (Å²) >= 11 is 0. The first-order valence-corrected chi connectivity index (χ1v) is 13.5. The molecule has 0 heterocycles. The summed E-state index contributed by atoms with van der Waals surface area (Å²) in [7, 11) is -3.36. The Morgan fingerprint density at radius 3 is 2.18 bits per heavy atom. The highest BCUT2D eigenvalue weighted by atomic mass is 32.2. The van der Waals surface area contributed by atoms with E-state index in [1.165, 1.54) is 16.1 Å². The summed E-state index contributed by atoms with van der Waals surface area (Å²) < 4.78 is 26.0. The van der Waals surface area contributed by atoms with E-state index < -0.39 is 22.1 Å². The first kappa shape index (κ1) is 27.0. The maximum Gasteiger partial charge on any atom is 0.306 e. The number of rotatable bonds is 15. The predicted octanol–water partition coefficient (Wildman–Crippen LogP) is 4.79. The van der Waals surface area contributed by atoms with E-state index in [4.69, 9.17) is 5.11 Å². The van der Waals surface area contributed by atoms with E-state index in [9.17, 15) is 18.3 Å². The van der Waals surface area contributed by atoms with Gasteiger partial charge in [0.25, 0.3) is 0 Å². The Labute approximate surface area is 198 Å². The van der Waals surface area contributed by atoms with Gasteiger partial charge in [-0.25, -0.2) is 8.42 Å². The third-order valence-electron chi connectivity index (χ3n) is 6.04. The van der Waals surface area contributed by atoms with Crippen LogP contribution in [0.2, 0.25) is 0 Å². The predicted molar refractivity (Wildman–Crippen MR) is 131 cm³/mol. The summed E-state index contributed by atoms with van der Waals surface area (Å²) in [6, 6.07) is 17.5. The molecule has 0 radical (unpaired) electrons. The largest absolute Gasteiger partial charge is 0.481 e. The number of hydrogen-bond acceptors (Lipinski definition) is 4. The van der Waals surface area contributed by atoms with Crippen LogP contribution in [0.15, 0.2) is 54.6 Å². The van der Waals surface area contributed by atoms with Crippen LogP contribution in [0.4, 0.5) is 0 Å². The lowest BCUT2D eigenvalue weighted by molar-refractivity contribution is -0.142. The first-order chi connectivity index (χ1) is 15.7. The highest BCUT2D eigenvalue weighted by molar-refractivity contribution is 7.88. The molecule has 0 fully saturated rings. The van der Waals surface area contributed by atoms with Gasteiger partial charge in [0.05, 0.1) is 18.3 Å². The maximum atomic E-state index is 12.2. The molecule has 0 aliphatic heterocycles. The SMILES string of the molecule is CCC(CCCCCN(Cc1ccc(C(O)CCc2ccccc2)cc1)S(C)(=O)=O)C(=O)O.